The molecule has 3 aromatic rings. The number of hydrogen-bond acceptors (Lipinski definition) is 4. The molecule has 3 aromatic carbocycles. The van der Waals surface area contributed by atoms with Crippen LogP contribution in [0.25, 0.3) is 0 Å². The molecule has 0 bridgehead atoms. The van der Waals surface area contributed by atoms with E-state index in [1.54, 1.807) is 32.4 Å². The van der Waals surface area contributed by atoms with Gasteiger partial charge in [-0.2, -0.15) is 0 Å². The molecule has 5 nitrogen and oxygen atoms in total. The molecule has 0 saturated heterocycles. The standard InChI is InChI=1S/C24H26N2O3/c1-17-9-11-19(12-10-17)24(18-7-5-4-6-8-18)25-16-23(27)26-21-14-13-20(28-2)15-22(21)29-3/h4-15,24-25H,16H2,1-3H3,(H,26,27)/t24-/m0/s1. The average molecular weight is 390 g/mol. The van der Waals surface area contributed by atoms with Crippen molar-refractivity contribution in [1.82, 2.24) is 5.32 Å². The highest BCUT2D eigenvalue weighted by atomic mass is 16.5. The fourth-order valence-electron chi connectivity index (χ4n) is 3.12. The summed E-state index contributed by atoms with van der Waals surface area (Å²) in [5.41, 5.74) is 4.01. The van der Waals surface area contributed by atoms with Crippen LogP contribution in [0.15, 0.2) is 72.8 Å². The van der Waals surface area contributed by atoms with Gasteiger partial charge in [-0.1, -0.05) is 60.2 Å². The molecule has 29 heavy (non-hydrogen) atoms. The molecule has 0 spiro atoms. The minimum atomic E-state index is -0.151. The number of amides is 1. The third-order valence-electron chi connectivity index (χ3n) is 4.69. The molecule has 0 aliphatic rings. The number of benzene rings is 3. The number of nitrogens with one attached hydrogen (secondary N) is 2. The molecule has 0 fully saturated rings. The Hall–Kier alpha value is -3.31. The second-order valence-corrected chi connectivity index (χ2v) is 6.75. The predicted octanol–water partition coefficient (Wildman–Crippen LogP) is 4.33. The van der Waals surface area contributed by atoms with Gasteiger partial charge >= 0.3 is 0 Å². The SMILES string of the molecule is COc1ccc(NC(=O)CN[C@@H](c2ccccc2)c2ccc(C)cc2)c(OC)c1. The number of anilines is 1. The molecular weight excluding hydrogens is 364 g/mol. The van der Waals surface area contributed by atoms with Crippen molar-refractivity contribution >= 4 is 11.6 Å². The van der Waals surface area contributed by atoms with Crippen molar-refractivity contribution in [2.75, 3.05) is 26.1 Å². The normalized spacial score (nSPS) is 11.6. The summed E-state index contributed by atoms with van der Waals surface area (Å²) in [4.78, 5) is 12.6. The highest BCUT2D eigenvalue weighted by Gasteiger charge is 2.16. The van der Waals surface area contributed by atoms with E-state index in [0.717, 1.165) is 11.1 Å². The van der Waals surface area contributed by atoms with Gasteiger partial charge in [-0.25, -0.2) is 0 Å². The van der Waals surface area contributed by atoms with Crippen LogP contribution in [0.2, 0.25) is 0 Å². The van der Waals surface area contributed by atoms with E-state index in [0.29, 0.717) is 17.2 Å². The van der Waals surface area contributed by atoms with Crippen molar-refractivity contribution in [2.45, 2.75) is 13.0 Å². The Labute approximate surface area is 171 Å². The van der Waals surface area contributed by atoms with Crippen LogP contribution in [-0.2, 0) is 4.79 Å². The van der Waals surface area contributed by atoms with Gasteiger partial charge in [0, 0.05) is 6.07 Å². The summed E-state index contributed by atoms with van der Waals surface area (Å²) in [7, 11) is 3.15. The second kappa shape index (κ2) is 9.75. The Morgan fingerprint density at radius 1 is 0.897 bits per heavy atom. The molecule has 150 valence electrons. The summed E-state index contributed by atoms with van der Waals surface area (Å²) in [5, 5.41) is 6.27. The molecular formula is C24H26N2O3. The van der Waals surface area contributed by atoms with Gasteiger partial charge in [0.15, 0.2) is 0 Å². The van der Waals surface area contributed by atoms with Gasteiger partial charge < -0.3 is 14.8 Å². The minimum absolute atomic E-state index is 0.0830. The lowest BCUT2D eigenvalue weighted by Crippen LogP contribution is -2.32. The maximum atomic E-state index is 12.6. The summed E-state index contributed by atoms with van der Waals surface area (Å²) in [6, 6.07) is 23.6. The molecule has 5 heteroatoms. The molecule has 0 saturated carbocycles. The summed E-state index contributed by atoms with van der Waals surface area (Å²) in [6.07, 6.45) is 0. The first kappa shape index (κ1) is 20.4. The van der Waals surface area contributed by atoms with Crippen LogP contribution in [-0.4, -0.2) is 26.7 Å². The summed E-state index contributed by atoms with van der Waals surface area (Å²) in [6.45, 7) is 2.22. The summed E-state index contributed by atoms with van der Waals surface area (Å²) in [5.74, 6) is 1.07. The van der Waals surface area contributed by atoms with Crippen molar-refractivity contribution in [2.24, 2.45) is 0 Å². The first-order valence-corrected chi connectivity index (χ1v) is 9.47. The number of methoxy groups -OCH3 is 2. The third kappa shape index (κ3) is 5.36. The molecule has 2 N–H and O–H groups in total. The number of ether oxygens (including phenoxy) is 2. The number of aryl methyl sites for hydroxylation is 1. The van der Waals surface area contributed by atoms with Gasteiger partial charge in [0.05, 0.1) is 32.5 Å². The molecule has 0 heterocycles. The zero-order valence-electron chi connectivity index (χ0n) is 16.9. The number of carbonyl (C=O) groups is 1. The van der Waals surface area contributed by atoms with Crippen LogP contribution in [0, 0.1) is 6.92 Å². The van der Waals surface area contributed by atoms with Crippen LogP contribution < -0.4 is 20.1 Å². The Morgan fingerprint density at radius 3 is 2.24 bits per heavy atom. The molecule has 0 aliphatic carbocycles. The van der Waals surface area contributed by atoms with E-state index in [4.69, 9.17) is 9.47 Å². The third-order valence-corrected chi connectivity index (χ3v) is 4.69. The lowest BCUT2D eigenvalue weighted by Gasteiger charge is -2.20. The van der Waals surface area contributed by atoms with E-state index < -0.39 is 0 Å². The zero-order chi connectivity index (χ0) is 20.6. The van der Waals surface area contributed by atoms with Crippen LogP contribution in [0.5, 0.6) is 11.5 Å². The molecule has 1 amide bonds. The Kier molecular flexibility index (Phi) is 6.87. The van der Waals surface area contributed by atoms with Crippen LogP contribution >= 0.6 is 0 Å². The molecule has 0 aliphatic heterocycles. The predicted molar refractivity (Wildman–Crippen MR) is 116 cm³/mol. The fourth-order valence-corrected chi connectivity index (χ4v) is 3.12. The molecule has 1 atom stereocenters. The zero-order valence-corrected chi connectivity index (χ0v) is 16.9. The van der Waals surface area contributed by atoms with Crippen LogP contribution in [0.3, 0.4) is 0 Å². The summed E-state index contributed by atoms with van der Waals surface area (Å²) >= 11 is 0. The van der Waals surface area contributed by atoms with Crippen molar-refractivity contribution in [3.8, 4) is 11.5 Å². The largest absolute Gasteiger partial charge is 0.497 e. The van der Waals surface area contributed by atoms with Gasteiger partial charge in [-0.3, -0.25) is 10.1 Å². The minimum Gasteiger partial charge on any atom is -0.497 e. The average Bonchev–Trinajstić information content (AvgIpc) is 2.76. The highest BCUT2D eigenvalue weighted by Crippen LogP contribution is 2.29. The van der Waals surface area contributed by atoms with Crippen LogP contribution in [0.1, 0.15) is 22.7 Å². The van der Waals surface area contributed by atoms with Gasteiger partial charge in [0.1, 0.15) is 11.5 Å². The fraction of sp³-hybridized carbons (Fsp3) is 0.208. The van der Waals surface area contributed by atoms with Gasteiger partial charge in [-0.05, 0) is 30.2 Å². The van der Waals surface area contributed by atoms with Gasteiger partial charge in [-0.15, -0.1) is 0 Å². The topological polar surface area (TPSA) is 59.6 Å². The monoisotopic (exact) mass is 390 g/mol. The number of carbonyl (C=O) groups excluding carboxylic acids is 1. The maximum Gasteiger partial charge on any atom is 0.238 e. The Balaban J connectivity index is 1.72. The molecule has 0 unspecified atom stereocenters. The quantitative estimate of drug-likeness (QED) is 0.601. The van der Waals surface area contributed by atoms with Gasteiger partial charge in [0.2, 0.25) is 5.91 Å². The van der Waals surface area contributed by atoms with E-state index in [2.05, 4.69) is 54.0 Å². The van der Waals surface area contributed by atoms with E-state index in [-0.39, 0.29) is 18.5 Å². The van der Waals surface area contributed by atoms with E-state index in [9.17, 15) is 4.79 Å². The molecule has 0 aromatic heterocycles. The van der Waals surface area contributed by atoms with Crippen molar-refractivity contribution in [3.05, 3.63) is 89.5 Å². The molecule has 3 rings (SSSR count). The maximum absolute atomic E-state index is 12.6. The lowest BCUT2D eigenvalue weighted by molar-refractivity contribution is -0.115. The van der Waals surface area contributed by atoms with Crippen LogP contribution in [0.4, 0.5) is 5.69 Å². The lowest BCUT2D eigenvalue weighted by atomic mass is 9.98. The van der Waals surface area contributed by atoms with Gasteiger partial charge in [0.25, 0.3) is 0 Å². The summed E-state index contributed by atoms with van der Waals surface area (Å²) < 4.78 is 10.5. The van der Waals surface area contributed by atoms with Crippen molar-refractivity contribution < 1.29 is 14.3 Å². The number of hydrogen-bond donors (Lipinski definition) is 2. The number of rotatable bonds is 8. The van der Waals surface area contributed by atoms with Crippen molar-refractivity contribution in [1.29, 1.82) is 0 Å². The van der Waals surface area contributed by atoms with Crippen molar-refractivity contribution in [3.63, 3.8) is 0 Å². The van der Waals surface area contributed by atoms with E-state index in [1.807, 2.05) is 18.2 Å². The Bertz CT molecular complexity index is 940. The second-order valence-electron chi connectivity index (χ2n) is 6.75. The van der Waals surface area contributed by atoms with E-state index >= 15 is 0 Å². The molecule has 0 radical (unpaired) electrons. The first-order valence-electron chi connectivity index (χ1n) is 9.47. The van der Waals surface area contributed by atoms with E-state index in [1.165, 1.54) is 5.56 Å². The first-order chi connectivity index (χ1) is 14.1. The highest BCUT2D eigenvalue weighted by molar-refractivity contribution is 5.93. The smallest absolute Gasteiger partial charge is 0.238 e. The Morgan fingerprint density at radius 2 is 1.59 bits per heavy atom.